The van der Waals surface area contributed by atoms with Crippen LogP contribution in [-0.2, 0) is 4.79 Å². The lowest BCUT2D eigenvalue weighted by Gasteiger charge is -2.04. The lowest BCUT2D eigenvalue weighted by atomic mass is 10.3. The summed E-state index contributed by atoms with van der Waals surface area (Å²) in [6.45, 7) is 0.0144. The molecule has 5 heteroatoms. The summed E-state index contributed by atoms with van der Waals surface area (Å²) in [5.74, 6) is -0.441. The SMILES string of the molecule is O=C(CNC(=O)c1ccoc1)NC1CC1. The van der Waals surface area contributed by atoms with Crippen molar-refractivity contribution >= 4 is 11.8 Å². The standard InChI is InChI=1S/C10H12N2O3/c13-9(12-8-1-2-8)5-11-10(14)7-3-4-15-6-7/h3-4,6,8H,1-2,5H2,(H,11,14)(H,12,13). The zero-order chi connectivity index (χ0) is 10.7. The first-order valence-electron chi connectivity index (χ1n) is 4.85. The van der Waals surface area contributed by atoms with Crippen molar-refractivity contribution in [3.8, 4) is 0 Å². The van der Waals surface area contributed by atoms with Crippen LogP contribution in [-0.4, -0.2) is 24.4 Å². The maximum absolute atomic E-state index is 11.4. The van der Waals surface area contributed by atoms with Crippen LogP contribution in [0.1, 0.15) is 23.2 Å². The molecule has 0 atom stereocenters. The molecule has 0 spiro atoms. The van der Waals surface area contributed by atoms with Crippen molar-refractivity contribution in [1.29, 1.82) is 0 Å². The van der Waals surface area contributed by atoms with Gasteiger partial charge in [0.15, 0.2) is 0 Å². The highest BCUT2D eigenvalue weighted by Gasteiger charge is 2.23. The summed E-state index contributed by atoms with van der Waals surface area (Å²) in [4.78, 5) is 22.6. The van der Waals surface area contributed by atoms with E-state index in [0.29, 0.717) is 11.6 Å². The molecule has 0 aromatic carbocycles. The van der Waals surface area contributed by atoms with E-state index in [1.165, 1.54) is 12.5 Å². The van der Waals surface area contributed by atoms with Gasteiger partial charge in [0.2, 0.25) is 5.91 Å². The van der Waals surface area contributed by atoms with Crippen molar-refractivity contribution in [2.24, 2.45) is 0 Å². The highest BCUT2D eigenvalue weighted by Crippen LogP contribution is 2.18. The monoisotopic (exact) mass is 208 g/mol. The number of amides is 2. The van der Waals surface area contributed by atoms with E-state index in [4.69, 9.17) is 4.42 Å². The molecule has 1 aromatic rings. The van der Waals surface area contributed by atoms with Gasteiger partial charge in [-0.1, -0.05) is 0 Å². The van der Waals surface area contributed by atoms with Crippen LogP contribution < -0.4 is 10.6 Å². The van der Waals surface area contributed by atoms with Crippen LogP contribution in [0.2, 0.25) is 0 Å². The lowest BCUT2D eigenvalue weighted by molar-refractivity contribution is -0.120. The Morgan fingerprint density at radius 3 is 2.87 bits per heavy atom. The van der Waals surface area contributed by atoms with E-state index in [2.05, 4.69) is 10.6 Å². The van der Waals surface area contributed by atoms with Gasteiger partial charge in [-0.15, -0.1) is 0 Å². The number of hydrogen-bond acceptors (Lipinski definition) is 3. The van der Waals surface area contributed by atoms with E-state index >= 15 is 0 Å². The number of carbonyl (C=O) groups excluding carboxylic acids is 2. The van der Waals surface area contributed by atoms with Gasteiger partial charge >= 0.3 is 0 Å². The van der Waals surface area contributed by atoms with E-state index < -0.39 is 0 Å². The van der Waals surface area contributed by atoms with Crippen LogP contribution >= 0.6 is 0 Å². The molecule has 0 unspecified atom stereocenters. The topological polar surface area (TPSA) is 71.3 Å². The van der Waals surface area contributed by atoms with Gasteiger partial charge in [-0.25, -0.2) is 0 Å². The third-order valence-electron chi connectivity index (χ3n) is 2.14. The third-order valence-corrected chi connectivity index (χ3v) is 2.14. The maximum Gasteiger partial charge on any atom is 0.254 e. The van der Waals surface area contributed by atoms with E-state index in [0.717, 1.165) is 12.8 Å². The fraction of sp³-hybridized carbons (Fsp3) is 0.400. The zero-order valence-corrected chi connectivity index (χ0v) is 8.16. The Balaban J connectivity index is 1.72. The molecule has 80 valence electrons. The van der Waals surface area contributed by atoms with Gasteiger partial charge < -0.3 is 15.1 Å². The number of nitrogens with one attached hydrogen (secondary N) is 2. The Morgan fingerprint density at radius 2 is 2.27 bits per heavy atom. The molecule has 1 heterocycles. The van der Waals surface area contributed by atoms with Crippen LogP contribution in [0.4, 0.5) is 0 Å². The van der Waals surface area contributed by atoms with Crippen molar-refractivity contribution in [1.82, 2.24) is 10.6 Å². The van der Waals surface area contributed by atoms with E-state index in [-0.39, 0.29) is 18.4 Å². The first kappa shape index (κ1) is 9.76. The molecule has 1 aromatic heterocycles. The zero-order valence-electron chi connectivity index (χ0n) is 8.16. The van der Waals surface area contributed by atoms with E-state index in [1.807, 2.05) is 0 Å². The highest BCUT2D eigenvalue weighted by atomic mass is 16.3. The van der Waals surface area contributed by atoms with E-state index in [1.54, 1.807) is 6.07 Å². The Morgan fingerprint density at radius 1 is 1.47 bits per heavy atom. The second-order valence-electron chi connectivity index (χ2n) is 3.54. The molecule has 1 fully saturated rings. The number of hydrogen-bond donors (Lipinski definition) is 2. The fourth-order valence-electron chi connectivity index (χ4n) is 1.16. The van der Waals surface area contributed by atoms with Crippen molar-refractivity contribution < 1.29 is 14.0 Å². The molecule has 1 saturated carbocycles. The summed E-state index contributed by atoms with van der Waals surface area (Å²) in [6.07, 6.45) is 4.84. The smallest absolute Gasteiger partial charge is 0.254 e. The van der Waals surface area contributed by atoms with E-state index in [9.17, 15) is 9.59 Å². The largest absolute Gasteiger partial charge is 0.472 e. The molecular formula is C10H12N2O3. The molecule has 15 heavy (non-hydrogen) atoms. The van der Waals surface area contributed by atoms with Crippen molar-refractivity contribution in [2.45, 2.75) is 18.9 Å². The molecule has 0 bridgehead atoms. The molecule has 2 N–H and O–H groups in total. The van der Waals surface area contributed by atoms with Gasteiger partial charge in [-0.05, 0) is 18.9 Å². The fourth-order valence-corrected chi connectivity index (χ4v) is 1.16. The molecule has 0 saturated heterocycles. The van der Waals surface area contributed by atoms with Crippen molar-refractivity contribution in [3.05, 3.63) is 24.2 Å². The first-order chi connectivity index (χ1) is 7.25. The van der Waals surface area contributed by atoms with Gasteiger partial charge in [-0.3, -0.25) is 9.59 Å². The van der Waals surface area contributed by atoms with Gasteiger partial charge in [-0.2, -0.15) is 0 Å². The number of carbonyl (C=O) groups is 2. The molecule has 1 aliphatic rings. The molecule has 2 amide bonds. The minimum absolute atomic E-state index is 0.0144. The Kier molecular flexibility index (Phi) is 2.71. The first-order valence-corrected chi connectivity index (χ1v) is 4.85. The van der Waals surface area contributed by atoms with Gasteiger partial charge in [0.05, 0.1) is 18.4 Å². The lowest BCUT2D eigenvalue weighted by Crippen LogP contribution is -2.37. The second kappa shape index (κ2) is 4.16. The molecular weight excluding hydrogens is 196 g/mol. The molecule has 0 radical (unpaired) electrons. The Bertz CT molecular complexity index is 355. The summed E-state index contributed by atoms with van der Waals surface area (Å²) in [6, 6.07) is 1.87. The molecule has 1 aliphatic carbocycles. The van der Waals surface area contributed by atoms with Gasteiger partial charge in [0, 0.05) is 6.04 Å². The summed E-state index contributed by atoms with van der Waals surface area (Å²) in [7, 11) is 0. The predicted molar refractivity (Wildman–Crippen MR) is 52.2 cm³/mol. The average Bonchev–Trinajstić information content (AvgIpc) is 2.86. The van der Waals surface area contributed by atoms with Crippen LogP contribution in [0.3, 0.4) is 0 Å². The van der Waals surface area contributed by atoms with Crippen LogP contribution in [0.15, 0.2) is 23.0 Å². The summed E-state index contributed by atoms with van der Waals surface area (Å²) in [5.41, 5.74) is 0.425. The number of furan rings is 1. The average molecular weight is 208 g/mol. The quantitative estimate of drug-likeness (QED) is 0.747. The summed E-state index contributed by atoms with van der Waals surface area (Å²) >= 11 is 0. The van der Waals surface area contributed by atoms with Crippen LogP contribution in [0, 0.1) is 0 Å². The minimum Gasteiger partial charge on any atom is -0.472 e. The van der Waals surface area contributed by atoms with Crippen LogP contribution in [0.25, 0.3) is 0 Å². The maximum atomic E-state index is 11.4. The third kappa shape index (κ3) is 2.83. The van der Waals surface area contributed by atoms with Crippen molar-refractivity contribution in [3.63, 3.8) is 0 Å². The normalized spacial score (nSPS) is 14.7. The van der Waals surface area contributed by atoms with Crippen molar-refractivity contribution in [2.75, 3.05) is 6.54 Å². The molecule has 5 nitrogen and oxygen atoms in total. The number of rotatable bonds is 4. The second-order valence-corrected chi connectivity index (χ2v) is 3.54. The summed E-state index contributed by atoms with van der Waals surface area (Å²) < 4.78 is 4.76. The van der Waals surface area contributed by atoms with Crippen LogP contribution in [0.5, 0.6) is 0 Å². The van der Waals surface area contributed by atoms with Gasteiger partial charge in [0.25, 0.3) is 5.91 Å². The predicted octanol–water partition coefficient (Wildman–Crippen LogP) is 0.288. The summed E-state index contributed by atoms with van der Waals surface area (Å²) in [5, 5.41) is 5.28. The molecule has 2 rings (SSSR count). The highest BCUT2D eigenvalue weighted by molar-refractivity contribution is 5.96. The minimum atomic E-state index is -0.297. The van der Waals surface area contributed by atoms with Gasteiger partial charge in [0.1, 0.15) is 6.26 Å². The molecule has 0 aliphatic heterocycles. The Hall–Kier alpha value is -1.78. The Labute approximate surface area is 86.8 Å².